The third-order valence-electron chi connectivity index (χ3n) is 2.89. The molecule has 1 aromatic carbocycles. The molecule has 2 aromatic rings. The second-order valence-electron chi connectivity index (χ2n) is 4.68. The lowest BCUT2D eigenvalue weighted by Crippen LogP contribution is -2.23. The number of hydrogen-bond acceptors (Lipinski definition) is 3. The van der Waals surface area contributed by atoms with Crippen molar-refractivity contribution in [2.24, 2.45) is 0 Å². The van der Waals surface area contributed by atoms with E-state index in [4.69, 9.17) is 0 Å². The third kappa shape index (κ3) is 4.04. The van der Waals surface area contributed by atoms with E-state index in [1.165, 1.54) is 0 Å². The zero-order valence-electron chi connectivity index (χ0n) is 11.7. The van der Waals surface area contributed by atoms with Crippen LogP contribution in [-0.2, 0) is 6.54 Å². The fraction of sp³-hybridized carbons (Fsp3) is 0.200. The number of para-hydroxylation sites is 1. The van der Waals surface area contributed by atoms with Crippen LogP contribution < -0.4 is 5.32 Å². The monoisotopic (exact) mass is 411 g/mol. The van der Waals surface area contributed by atoms with Crippen LogP contribution >= 0.6 is 31.9 Å². The number of carbonyl (C=O) groups is 1. The number of carbonyl (C=O) groups excluding carboxylic acids is 1. The van der Waals surface area contributed by atoms with Crippen LogP contribution in [0, 0.1) is 0 Å². The van der Waals surface area contributed by atoms with Gasteiger partial charge >= 0.3 is 0 Å². The maximum absolute atomic E-state index is 12.1. The highest BCUT2D eigenvalue weighted by atomic mass is 79.9. The molecule has 0 aliphatic carbocycles. The molecule has 0 aliphatic rings. The largest absolute Gasteiger partial charge is 0.379 e. The van der Waals surface area contributed by atoms with E-state index in [9.17, 15) is 4.79 Å². The van der Waals surface area contributed by atoms with E-state index >= 15 is 0 Å². The number of rotatable bonds is 4. The summed E-state index contributed by atoms with van der Waals surface area (Å²) < 4.78 is 1.84. The van der Waals surface area contributed by atoms with Gasteiger partial charge < -0.3 is 10.2 Å². The first kappa shape index (κ1) is 16.0. The second-order valence-corrected chi connectivity index (χ2v) is 6.45. The number of hydrogen-bond donors (Lipinski definition) is 1. The van der Waals surface area contributed by atoms with Crippen LogP contribution in [-0.4, -0.2) is 29.9 Å². The topological polar surface area (TPSA) is 45.2 Å². The van der Waals surface area contributed by atoms with Crippen LogP contribution in [0.15, 0.2) is 45.5 Å². The minimum absolute atomic E-state index is 0.0269. The summed E-state index contributed by atoms with van der Waals surface area (Å²) in [6, 6.07) is 9.41. The third-order valence-corrected chi connectivity index (χ3v) is 4.01. The number of pyridine rings is 1. The lowest BCUT2D eigenvalue weighted by molar-refractivity contribution is 0.0828. The van der Waals surface area contributed by atoms with E-state index in [0.29, 0.717) is 12.1 Å². The molecule has 0 unspecified atom stereocenters. The van der Waals surface area contributed by atoms with Gasteiger partial charge in [0.15, 0.2) is 0 Å². The first-order valence-corrected chi connectivity index (χ1v) is 7.92. The molecule has 0 fully saturated rings. The van der Waals surface area contributed by atoms with Crippen LogP contribution in [0.2, 0.25) is 0 Å². The molecule has 0 saturated carbocycles. The molecule has 110 valence electrons. The van der Waals surface area contributed by atoms with Gasteiger partial charge in [0.05, 0.1) is 17.8 Å². The molecule has 1 aromatic heterocycles. The maximum Gasteiger partial charge on any atom is 0.255 e. The molecule has 0 aliphatic heterocycles. The van der Waals surface area contributed by atoms with Crippen molar-refractivity contribution in [2.45, 2.75) is 6.54 Å². The van der Waals surface area contributed by atoms with E-state index in [1.54, 1.807) is 25.2 Å². The van der Waals surface area contributed by atoms with Crippen LogP contribution in [0.25, 0.3) is 0 Å². The normalized spacial score (nSPS) is 10.3. The lowest BCUT2D eigenvalue weighted by atomic mass is 10.1. The summed E-state index contributed by atoms with van der Waals surface area (Å²) >= 11 is 6.86. The van der Waals surface area contributed by atoms with Crippen LogP contribution in [0.4, 0.5) is 5.69 Å². The van der Waals surface area contributed by atoms with Crippen molar-refractivity contribution >= 4 is 43.5 Å². The Morgan fingerprint density at radius 1 is 1.29 bits per heavy atom. The Bertz CT molecular complexity index is 659. The summed E-state index contributed by atoms with van der Waals surface area (Å²) in [5.41, 5.74) is 2.33. The first-order chi connectivity index (χ1) is 9.99. The minimum atomic E-state index is -0.0269. The van der Waals surface area contributed by atoms with Crippen molar-refractivity contribution < 1.29 is 4.79 Å². The summed E-state index contributed by atoms with van der Waals surface area (Å²) in [6.45, 7) is 0.533. The molecule has 0 atom stereocenters. The average Bonchev–Trinajstić information content (AvgIpc) is 2.46. The Kier molecular flexibility index (Phi) is 5.36. The van der Waals surface area contributed by atoms with Gasteiger partial charge in [-0.15, -0.1) is 0 Å². The van der Waals surface area contributed by atoms with Crippen molar-refractivity contribution in [1.29, 1.82) is 0 Å². The highest BCUT2D eigenvalue weighted by molar-refractivity contribution is 9.11. The summed E-state index contributed by atoms with van der Waals surface area (Å²) in [5, 5.41) is 3.27. The number of halogens is 2. The number of benzene rings is 1. The molecule has 6 heteroatoms. The molecular formula is C15H15Br2N3O. The second kappa shape index (κ2) is 7.04. The van der Waals surface area contributed by atoms with E-state index in [1.807, 2.05) is 30.3 Å². The van der Waals surface area contributed by atoms with Crippen molar-refractivity contribution in [3.05, 3.63) is 56.7 Å². The Labute approximate surface area is 140 Å². The molecule has 21 heavy (non-hydrogen) atoms. The highest BCUT2D eigenvalue weighted by Crippen LogP contribution is 2.22. The van der Waals surface area contributed by atoms with Crippen LogP contribution in [0.3, 0.4) is 0 Å². The minimum Gasteiger partial charge on any atom is -0.379 e. The molecule has 0 radical (unpaired) electrons. The standard InChI is InChI=1S/C15H15Br2N3O/c1-20(2)15(21)11-5-3-4-6-13(11)19-9-14-12(17)7-10(16)8-18-14/h3-8,19H,9H2,1-2H3. The van der Waals surface area contributed by atoms with Crippen molar-refractivity contribution in [1.82, 2.24) is 9.88 Å². The summed E-state index contributed by atoms with van der Waals surface area (Å²) in [5.74, 6) is -0.0269. The predicted molar refractivity (Wildman–Crippen MR) is 91.4 cm³/mol. The number of anilines is 1. The van der Waals surface area contributed by atoms with Gasteiger partial charge in [0.2, 0.25) is 0 Å². The Hall–Kier alpha value is -1.40. The zero-order chi connectivity index (χ0) is 15.4. The SMILES string of the molecule is CN(C)C(=O)c1ccccc1NCc1ncc(Br)cc1Br. The Morgan fingerprint density at radius 3 is 2.67 bits per heavy atom. The number of aromatic nitrogens is 1. The van der Waals surface area contributed by atoms with E-state index in [-0.39, 0.29) is 5.91 Å². The maximum atomic E-state index is 12.1. The van der Waals surface area contributed by atoms with Gasteiger partial charge in [0.1, 0.15) is 0 Å². The fourth-order valence-electron chi connectivity index (χ4n) is 1.82. The molecule has 1 amide bonds. The van der Waals surface area contributed by atoms with Crippen molar-refractivity contribution in [2.75, 3.05) is 19.4 Å². The van der Waals surface area contributed by atoms with Gasteiger partial charge in [-0.05, 0) is 50.1 Å². The molecule has 1 heterocycles. The molecule has 1 N–H and O–H groups in total. The number of nitrogens with zero attached hydrogens (tertiary/aromatic N) is 2. The lowest BCUT2D eigenvalue weighted by Gasteiger charge is -2.15. The van der Waals surface area contributed by atoms with E-state index in [0.717, 1.165) is 20.3 Å². The molecule has 0 saturated heterocycles. The van der Waals surface area contributed by atoms with Gasteiger partial charge in [-0.2, -0.15) is 0 Å². The number of amides is 1. The first-order valence-electron chi connectivity index (χ1n) is 6.33. The Morgan fingerprint density at radius 2 is 2.00 bits per heavy atom. The molecule has 0 bridgehead atoms. The number of nitrogens with one attached hydrogen (secondary N) is 1. The predicted octanol–water partition coefficient (Wildman–Crippen LogP) is 3.92. The summed E-state index contributed by atoms with van der Waals surface area (Å²) in [7, 11) is 3.48. The molecule has 0 spiro atoms. The fourth-order valence-corrected chi connectivity index (χ4v) is 2.94. The summed E-state index contributed by atoms with van der Waals surface area (Å²) in [4.78, 5) is 18.1. The van der Waals surface area contributed by atoms with Gasteiger partial charge in [0.25, 0.3) is 5.91 Å². The van der Waals surface area contributed by atoms with E-state index < -0.39 is 0 Å². The smallest absolute Gasteiger partial charge is 0.255 e. The summed E-state index contributed by atoms with van der Waals surface area (Å²) in [6.07, 6.45) is 1.75. The van der Waals surface area contributed by atoms with Gasteiger partial charge in [-0.25, -0.2) is 0 Å². The average molecular weight is 413 g/mol. The van der Waals surface area contributed by atoms with Gasteiger partial charge in [-0.3, -0.25) is 9.78 Å². The quantitative estimate of drug-likeness (QED) is 0.827. The van der Waals surface area contributed by atoms with Gasteiger partial charge in [-0.1, -0.05) is 12.1 Å². The Balaban J connectivity index is 2.19. The van der Waals surface area contributed by atoms with Gasteiger partial charge in [0, 0.05) is 34.9 Å². The molecule has 2 rings (SSSR count). The van der Waals surface area contributed by atoms with Crippen molar-refractivity contribution in [3.63, 3.8) is 0 Å². The van der Waals surface area contributed by atoms with E-state index in [2.05, 4.69) is 42.2 Å². The zero-order valence-corrected chi connectivity index (χ0v) is 14.9. The van der Waals surface area contributed by atoms with Crippen LogP contribution in [0.1, 0.15) is 16.1 Å². The van der Waals surface area contributed by atoms with Crippen molar-refractivity contribution in [3.8, 4) is 0 Å². The highest BCUT2D eigenvalue weighted by Gasteiger charge is 2.13. The molecular weight excluding hydrogens is 398 g/mol. The molecule has 4 nitrogen and oxygen atoms in total. The van der Waals surface area contributed by atoms with Crippen LogP contribution in [0.5, 0.6) is 0 Å².